The van der Waals surface area contributed by atoms with E-state index in [1.54, 1.807) is 11.3 Å². The highest BCUT2D eigenvalue weighted by Gasteiger charge is 2.19. The van der Waals surface area contributed by atoms with E-state index in [1.165, 1.54) is 17.3 Å². The monoisotopic (exact) mass is 390 g/mol. The first kappa shape index (κ1) is 18.6. The van der Waals surface area contributed by atoms with Crippen LogP contribution in [0.1, 0.15) is 17.5 Å². The number of rotatable bonds is 5. The van der Waals surface area contributed by atoms with Crippen LogP contribution in [-0.4, -0.2) is 51.8 Å². The molecule has 0 radical (unpaired) electrons. The van der Waals surface area contributed by atoms with Crippen molar-refractivity contribution in [2.75, 3.05) is 31.9 Å². The zero-order valence-corrected chi connectivity index (χ0v) is 16.5. The largest absolute Gasteiger partial charge is 0.341 e. The summed E-state index contributed by atoms with van der Waals surface area (Å²) in [7, 11) is 0. The van der Waals surface area contributed by atoms with Gasteiger partial charge in [0.1, 0.15) is 0 Å². The number of carbonyl (C=O) groups excluding carboxylic acids is 1. The Balaban J connectivity index is 1.45. The fourth-order valence-electron chi connectivity index (χ4n) is 2.90. The Bertz CT molecular complexity index is 688. The molecule has 25 heavy (non-hydrogen) atoms. The Morgan fingerprint density at radius 3 is 2.72 bits per heavy atom. The van der Waals surface area contributed by atoms with Crippen LogP contribution in [0.2, 0.25) is 0 Å². The summed E-state index contributed by atoms with van der Waals surface area (Å²) in [5.74, 6) is 0.624. The van der Waals surface area contributed by atoms with E-state index in [1.807, 2.05) is 35.2 Å². The molecule has 1 fully saturated rings. The minimum absolute atomic E-state index is 0.195. The molecule has 3 nitrogen and oxygen atoms in total. The molecular weight excluding hydrogens is 368 g/mol. The summed E-state index contributed by atoms with van der Waals surface area (Å²) in [5.41, 5.74) is 2.39. The van der Waals surface area contributed by atoms with Gasteiger partial charge in [0.2, 0.25) is 5.91 Å². The molecule has 6 heteroatoms. The van der Waals surface area contributed by atoms with Gasteiger partial charge in [0.05, 0.1) is 9.95 Å². The van der Waals surface area contributed by atoms with Gasteiger partial charge in [0.25, 0.3) is 0 Å². The van der Waals surface area contributed by atoms with E-state index >= 15 is 0 Å². The molecule has 132 valence electrons. The van der Waals surface area contributed by atoms with E-state index in [9.17, 15) is 4.79 Å². The van der Waals surface area contributed by atoms with Crippen LogP contribution >= 0.6 is 35.3 Å². The van der Waals surface area contributed by atoms with Gasteiger partial charge in [-0.05, 0) is 34.4 Å². The van der Waals surface area contributed by atoms with Gasteiger partial charge in [-0.25, -0.2) is 0 Å². The first-order valence-electron chi connectivity index (χ1n) is 8.46. The topological polar surface area (TPSA) is 23.6 Å². The summed E-state index contributed by atoms with van der Waals surface area (Å²) in [6, 6.07) is 12.1. The highest BCUT2D eigenvalue weighted by Crippen LogP contribution is 2.16. The molecule has 0 N–H and O–H groups in total. The van der Waals surface area contributed by atoms with E-state index in [0.717, 1.165) is 48.9 Å². The summed E-state index contributed by atoms with van der Waals surface area (Å²) in [6.07, 6.45) is 1.03. The molecule has 1 aliphatic heterocycles. The van der Waals surface area contributed by atoms with Gasteiger partial charge >= 0.3 is 0 Å². The number of nitrogens with zero attached hydrogens (tertiary/aromatic N) is 2. The fourth-order valence-corrected chi connectivity index (χ4v) is 4.61. The fraction of sp³-hybridized carbons (Fsp3) is 0.368. The zero-order chi connectivity index (χ0) is 17.5. The Kier molecular flexibility index (Phi) is 7.04. The molecule has 0 aliphatic carbocycles. The van der Waals surface area contributed by atoms with Crippen molar-refractivity contribution in [3.05, 3.63) is 58.3 Å². The number of carbonyl (C=O) groups is 1. The van der Waals surface area contributed by atoms with Gasteiger partial charge in [0.15, 0.2) is 0 Å². The molecule has 1 amide bonds. The van der Waals surface area contributed by atoms with E-state index in [4.69, 9.17) is 12.2 Å². The maximum absolute atomic E-state index is 12.5. The number of thiocarbonyl (C=S) groups is 1. The third-order valence-electron chi connectivity index (χ3n) is 4.26. The van der Waals surface area contributed by atoms with E-state index in [-0.39, 0.29) is 5.91 Å². The van der Waals surface area contributed by atoms with Crippen molar-refractivity contribution < 1.29 is 4.79 Å². The van der Waals surface area contributed by atoms with Crippen LogP contribution in [0.4, 0.5) is 0 Å². The number of benzene rings is 1. The summed E-state index contributed by atoms with van der Waals surface area (Å²) >= 11 is 8.65. The average molecular weight is 391 g/mol. The summed E-state index contributed by atoms with van der Waals surface area (Å²) < 4.78 is 0.794. The predicted octanol–water partition coefficient (Wildman–Crippen LogP) is 3.89. The zero-order valence-electron chi connectivity index (χ0n) is 14.1. The van der Waals surface area contributed by atoms with E-state index in [0.29, 0.717) is 5.75 Å². The van der Waals surface area contributed by atoms with Crippen LogP contribution < -0.4 is 0 Å². The number of thioether (sulfide) groups is 1. The van der Waals surface area contributed by atoms with Crippen molar-refractivity contribution in [3.8, 4) is 0 Å². The third kappa shape index (κ3) is 5.64. The van der Waals surface area contributed by atoms with Gasteiger partial charge in [-0.3, -0.25) is 9.69 Å². The summed E-state index contributed by atoms with van der Waals surface area (Å²) in [6.45, 7) is 4.63. The Morgan fingerprint density at radius 1 is 1.12 bits per heavy atom. The van der Waals surface area contributed by atoms with Gasteiger partial charge in [-0.1, -0.05) is 42.5 Å². The lowest BCUT2D eigenvalue weighted by molar-refractivity contribution is -0.128. The molecule has 1 aromatic carbocycles. The number of thiophene rings is 1. The van der Waals surface area contributed by atoms with Gasteiger partial charge < -0.3 is 4.90 Å². The molecule has 1 aromatic heterocycles. The summed E-state index contributed by atoms with van der Waals surface area (Å²) in [4.78, 5) is 17.0. The first-order valence-corrected chi connectivity index (χ1v) is 10.8. The minimum Gasteiger partial charge on any atom is -0.341 e. The number of amides is 1. The van der Waals surface area contributed by atoms with Crippen LogP contribution in [0.15, 0.2) is 47.2 Å². The smallest absolute Gasteiger partial charge is 0.233 e. The molecule has 0 atom stereocenters. The standard InChI is InChI=1S/C19H22N2OS3/c22-18(15-25-19(23)17-5-2-1-3-6-17)21-9-4-8-20(10-11-21)13-16-7-12-24-14-16/h1-3,5-7,12,14H,4,8-11,13,15H2. The quantitative estimate of drug-likeness (QED) is 0.723. The second-order valence-corrected chi connectivity index (χ2v) is 8.52. The Morgan fingerprint density at radius 2 is 1.96 bits per heavy atom. The van der Waals surface area contributed by atoms with Crippen molar-refractivity contribution >= 4 is 45.4 Å². The summed E-state index contributed by atoms with van der Waals surface area (Å²) in [5, 5.41) is 4.32. The molecule has 2 aromatic rings. The lowest BCUT2D eigenvalue weighted by Crippen LogP contribution is -2.36. The van der Waals surface area contributed by atoms with Gasteiger partial charge in [0, 0.05) is 32.7 Å². The van der Waals surface area contributed by atoms with Gasteiger partial charge in [-0.2, -0.15) is 11.3 Å². The molecular formula is C19H22N2OS3. The second-order valence-electron chi connectivity index (χ2n) is 6.08. The van der Waals surface area contributed by atoms with Crippen LogP contribution in [0.25, 0.3) is 0 Å². The molecule has 0 saturated carbocycles. The Labute approximate surface area is 163 Å². The van der Waals surface area contributed by atoms with Crippen molar-refractivity contribution in [2.24, 2.45) is 0 Å². The third-order valence-corrected chi connectivity index (χ3v) is 6.47. The molecule has 3 rings (SSSR count). The first-order chi connectivity index (χ1) is 12.2. The van der Waals surface area contributed by atoms with Gasteiger partial charge in [-0.15, -0.1) is 11.8 Å². The van der Waals surface area contributed by atoms with Crippen molar-refractivity contribution in [1.29, 1.82) is 0 Å². The maximum atomic E-state index is 12.5. The Hall–Kier alpha value is -1.21. The lowest BCUT2D eigenvalue weighted by Gasteiger charge is -2.21. The van der Waals surface area contributed by atoms with Crippen LogP contribution in [-0.2, 0) is 11.3 Å². The highest BCUT2D eigenvalue weighted by molar-refractivity contribution is 8.24. The molecule has 1 aliphatic rings. The van der Waals surface area contributed by atoms with Crippen molar-refractivity contribution in [3.63, 3.8) is 0 Å². The van der Waals surface area contributed by atoms with E-state index < -0.39 is 0 Å². The number of hydrogen-bond donors (Lipinski definition) is 0. The maximum Gasteiger partial charge on any atom is 0.233 e. The van der Waals surface area contributed by atoms with Crippen LogP contribution in [0.3, 0.4) is 0 Å². The van der Waals surface area contributed by atoms with E-state index in [2.05, 4.69) is 21.7 Å². The minimum atomic E-state index is 0.195. The van der Waals surface area contributed by atoms with Crippen LogP contribution in [0, 0.1) is 0 Å². The molecule has 0 bridgehead atoms. The second kappa shape index (κ2) is 9.48. The van der Waals surface area contributed by atoms with Crippen molar-refractivity contribution in [2.45, 2.75) is 13.0 Å². The average Bonchev–Trinajstić information content (AvgIpc) is 3.04. The van der Waals surface area contributed by atoms with Crippen LogP contribution in [0.5, 0.6) is 0 Å². The highest BCUT2D eigenvalue weighted by atomic mass is 32.2. The SMILES string of the molecule is O=C(CSC(=S)c1ccccc1)N1CCCN(Cc2ccsc2)CC1. The predicted molar refractivity (Wildman–Crippen MR) is 111 cm³/mol. The molecule has 0 spiro atoms. The molecule has 2 heterocycles. The molecule has 1 saturated heterocycles. The van der Waals surface area contributed by atoms with Crippen molar-refractivity contribution in [1.82, 2.24) is 9.80 Å². The lowest BCUT2D eigenvalue weighted by atomic mass is 10.2. The normalized spacial score (nSPS) is 15.8. The number of hydrogen-bond acceptors (Lipinski definition) is 5. The molecule has 0 unspecified atom stereocenters.